The van der Waals surface area contributed by atoms with Crippen molar-refractivity contribution in [1.82, 2.24) is 16.0 Å². The van der Waals surface area contributed by atoms with Gasteiger partial charge in [-0.25, -0.2) is 0 Å². The van der Waals surface area contributed by atoms with Crippen LogP contribution in [0, 0.1) is 0 Å². The molecule has 1 heterocycles. The summed E-state index contributed by atoms with van der Waals surface area (Å²) in [5.41, 5.74) is 0. The van der Waals surface area contributed by atoms with E-state index in [1.165, 1.54) is 12.2 Å². The van der Waals surface area contributed by atoms with E-state index < -0.39 is 6.04 Å². The molecule has 0 bridgehead atoms. The van der Waals surface area contributed by atoms with E-state index in [-0.39, 0.29) is 37.5 Å². The van der Waals surface area contributed by atoms with Crippen molar-refractivity contribution in [3.63, 3.8) is 0 Å². The van der Waals surface area contributed by atoms with Crippen LogP contribution in [-0.2, 0) is 33.3 Å². The van der Waals surface area contributed by atoms with Crippen LogP contribution in [-0.4, -0.2) is 101 Å². The van der Waals surface area contributed by atoms with E-state index in [1.54, 1.807) is 0 Å². The van der Waals surface area contributed by atoms with Crippen LogP contribution in [0.25, 0.3) is 0 Å². The topological polar surface area (TPSA) is 124 Å². The molecule has 0 aliphatic carbocycles. The monoisotopic (exact) mass is 565 g/mol. The summed E-state index contributed by atoms with van der Waals surface area (Å²) in [6.45, 7) is 6.01. The summed E-state index contributed by atoms with van der Waals surface area (Å²) in [6, 6.07) is -0.560. The van der Waals surface area contributed by atoms with Crippen LogP contribution < -0.4 is 16.0 Å². The molecular weight excluding hydrogens is 518 g/mol. The van der Waals surface area contributed by atoms with Crippen LogP contribution in [0.1, 0.15) is 58.3 Å². The molecule has 10 nitrogen and oxygen atoms in total. The standard InChI is InChI=1S/C25H47N3O7S2/c1-3-6-24(30)34-19-21(28-23(29)8-5-4-7-22-10-18-36-37-22)20-35-25(31)9-11-27-13-15-33-17-16-32-14-12-26-2/h21-22,26-27H,3-20H2,1-2H3,(H,28,29). The first-order chi connectivity index (χ1) is 18.0. The second kappa shape index (κ2) is 24.0. The van der Waals surface area contributed by atoms with Crippen LogP contribution in [0.3, 0.4) is 0 Å². The maximum Gasteiger partial charge on any atom is 0.307 e. The third-order valence-electron chi connectivity index (χ3n) is 5.41. The Morgan fingerprint density at radius 2 is 1.59 bits per heavy atom. The maximum absolute atomic E-state index is 12.4. The second-order valence-corrected chi connectivity index (χ2v) is 11.6. The lowest BCUT2D eigenvalue weighted by Crippen LogP contribution is -2.42. The molecule has 37 heavy (non-hydrogen) atoms. The van der Waals surface area contributed by atoms with Gasteiger partial charge in [-0.1, -0.05) is 34.9 Å². The van der Waals surface area contributed by atoms with E-state index >= 15 is 0 Å². The Bertz CT molecular complexity index is 611. The summed E-state index contributed by atoms with van der Waals surface area (Å²) < 4.78 is 21.4. The Morgan fingerprint density at radius 3 is 2.24 bits per heavy atom. The number of amides is 1. The molecule has 0 aromatic heterocycles. The molecule has 1 saturated heterocycles. The summed E-state index contributed by atoms with van der Waals surface area (Å²) in [4.78, 5) is 36.3. The number of hydrogen-bond acceptors (Lipinski definition) is 11. The summed E-state index contributed by atoms with van der Waals surface area (Å²) in [5, 5.41) is 9.70. The van der Waals surface area contributed by atoms with Gasteiger partial charge in [0.1, 0.15) is 13.2 Å². The van der Waals surface area contributed by atoms with Gasteiger partial charge in [-0.2, -0.15) is 0 Å². The number of carbonyl (C=O) groups is 3. The predicted molar refractivity (Wildman–Crippen MR) is 149 cm³/mol. The first-order valence-corrected chi connectivity index (χ1v) is 15.8. The van der Waals surface area contributed by atoms with E-state index in [0.717, 1.165) is 25.8 Å². The van der Waals surface area contributed by atoms with Crippen molar-refractivity contribution in [2.45, 2.75) is 69.6 Å². The molecule has 2 atom stereocenters. The molecule has 2 unspecified atom stereocenters. The quantitative estimate of drug-likeness (QED) is 0.0907. The van der Waals surface area contributed by atoms with E-state index in [9.17, 15) is 14.4 Å². The lowest BCUT2D eigenvalue weighted by atomic mass is 10.1. The van der Waals surface area contributed by atoms with Gasteiger partial charge in [0.05, 0.1) is 38.9 Å². The number of nitrogens with one attached hydrogen (secondary N) is 3. The maximum atomic E-state index is 12.4. The average Bonchev–Trinajstić information content (AvgIpc) is 3.40. The fraction of sp³-hybridized carbons (Fsp3) is 0.880. The van der Waals surface area contributed by atoms with E-state index in [1.807, 2.05) is 35.6 Å². The zero-order valence-corrected chi connectivity index (χ0v) is 24.2. The van der Waals surface area contributed by atoms with E-state index in [4.69, 9.17) is 18.9 Å². The zero-order chi connectivity index (χ0) is 27.0. The fourth-order valence-electron chi connectivity index (χ4n) is 3.34. The number of ether oxygens (including phenoxy) is 4. The van der Waals surface area contributed by atoms with Crippen molar-refractivity contribution in [2.24, 2.45) is 0 Å². The Labute approximate surface area is 230 Å². The highest BCUT2D eigenvalue weighted by molar-refractivity contribution is 8.77. The molecule has 3 N–H and O–H groups in total. The zero-order valence-electron chi connectivity index (χ0n) is 22.6. The predicted octanol–water partition coefficient (Wildman–Crippen LogP) is 2.30. The van der Waals surface area contributed by atoms with Crippen LogP contribution in [0.4, 0.5) is 0 Å². The van der Waals surface area contributed by atoms with Gasteiger partial charge in [-0.05, 0) is 32.7 Å². The average molecular weight is 566 g/mol. The van der Waals surface area contributed by atoms with Crippen LogP contribution in [0.15, 0.2) is 0 Å². The van der Waals surface area contributed by atoms with Gasteiger partial charge >= 0.3 is 11.9 Å². The summed E-state index contributed by atoms with van der Waals surface area (Å²) >= 11 is 0. The van der Waals surface area contributed by atoms with Crippen LogP contribution in [0.2, 0.25) is 0 Å². The molecular formula is C25H47N3O7S2. The minimum atomic E-state index is -0.560. The Hall–Kier alpha value is -1.05. The van der Waals surface area contributed by atoms with E-state index in [2.05, 4.69) is 16.0 Å². The molecule has 1 fully saturated rings. The molecule has 1 amide bonds. The van der Waals surface area contributed by atoms with Gasteiger partial charge in [-0.3, -0.25) is 14.4 Å². The minimum Gasteiger partial charge on any atom is -0.463 e. The van der Waals surface area contributed by atoms with Crippen molar-refractivity contribution < 1.29 is 33.3 Å². The minimum absolute atomic E-state index is 0.0119. The first-order valence-electron chi connectivity index (χ1n) is 13.4. The lowest BCUT2D eigenvalue weighted by molar-refractivity contribution is -0.148. The molecule has 0 spiro atoms. The molecule has 1 aliphatic rings. The molecule has 0 saturated carbocycles. The molecule has 12 heteroatoms. The Morgan fingerprint density at radius 1 is 0.892 bits per heavy atom. The SMILES string of the molecule is CCCC(=O)OCC(COC(=O)CCNCCOCCOCCNC)NC(=O)CCCCC1CCSS1. The Balaban J connectivity index is 2.19. The smallest absolute Gasteiger partial charge is 0.307 e. The van der Waals surface area contributed by atoms with Crippen LogP contribution >= 0.6 is 21.6 Å². The van der Waals surface area contributed by atoms with Gasteiger partial charge in [-0.15, -0.1) is 0 Å². The molecule has 1 aliphatic heterocycles. The van der Waals surface area contributed by atoms with Crippen molar-refractivity contribution in [3.05, 3.63) is 0 Å². The third-order valence-corrected chi connectivity index (χ3v) is 8.42. The number of likely N-dealkylation sites (N-methyl/N-ethyl adjacent to an activating group) is 1. The van der Waals surface area contributed by atoms with Crippen molar-refractivity contribution in [1.29, 1.82) is 0 Å². The number of rotatable bonds is 24. The summed E-state index contributed by atoms with van der Waals surface area (Å²) in [5.74, 6) is 0.397. The van der Waals surface area contributed by atoms with Gasteiger partial charge in [0.25, 0.3) is 0 Å². The highest BCUT2D eigenvalue weighted by Crippen LogP contribution is 2.39. The second-order valence-electron chi connectivity index (χ2n) is 8.78. The molecule has 0 radical (unpaired) electrons. The largest absolute Gasteiger partial charge is 0.463 e. The first kappa shape index (κ1) is 34.0. The van der Waals surface area contributed by atoms with Crippen LogP contribution in [0.5, 0.6) is 0 Å². The fourth-order valence-corrected chi connectivity index (χ4v) is 6.37. The Kier molecular flexibility index (Phi) is 22.1. The van der Waals surface area contributed by atoms with Gasteiger partial charge in [0, 0.05) is 43.5 Å². The molecule has 216 valence electrons. The van der Waals surface area contributed by atoms with Crippen molar-refractivity contribution in [2.75, 3.05) is 72.1 Å². The number of unbranched alkanes of at least 4 members (excludes halogenated alkanes) is 1. The summed E-state index contributed by atoms with van der Waals surface area (Å²) in [7, 11) is 5.75. The lowest BCUT2D eigenvalue weighted by Gasteiger charge is -2.19. The normalized spacial score (nSPS) is 15.9. The van der Waals surface area contributed by atoms with Gasteiger partial charge in [0.15, 0.2) is 0 Å². The molecule has 0 aromatic rings. The molecule has 0 aromatic carbocycles. The highest BCUT2D eigenvalue weighted by atomic mass is 33.1. The third kappa shape index (κ3) is 20.6. The number of esters is 2. The van der Waals surface area contributed by atoms with Gasteiger partial charge < -0.3 is 34.9 Å². The number of hydrogen-bond donors (Lipinski definition) is 3. The van der Waals surface area contributed by atoms with E-state index in [0.29, 0.717) is 64.0 Å². The van der Waals surface area contributed by atoms with Gasteiger partial charge in [0.2, 0.25) is 5.91 Å². The highest BCUT2D eigenvalue weighted by Gasteiger charge is 2.18. The molecule has 1 rings (SSSR count). The number of carbonyl (C=O) groups excluding carboxylic acids is 3. The summed E-state index contributed by atoms with van der Waals surface area (Å²) in [6.07, 6.45) is 5.81. The van der Waals surface area contributed by atoms with Crippen molar-refractivity contribution >= 4 is 39.4 Å². The van der Waals surface area contributed by atoms with Crippen molar-refractivity contribution in [3.8, 4) is 0 Å².